The van der Waals surface area contributed by atoms with Crippen molar-refractivity contribution >= 4 is 49.4 Å². The summed E-state index contributed by atoms with van der Waals surface area (Å²) < 4.78 is 10.6. The molecule has 2 aromatic carbocycles. The molecule has 2 aromatic rings. The van der Waals surface area contributed by atoms with Crippen LogP contribution >= 0.6 is 31.9 Å². The highest BCUT2D eigenvalue weighted by atomic mass is 79.9. The molecular weight excluding hydrogens is 580 g/mol. The highest BCUT2D eigenvalue weighted by Gasteiger charge is 2.31. The molecule has 13 heteroatoms. The monoisotopic (exact) mass is 590 g/mol. The predicted molar refractivity (Wildman–Crippen MR) is 124 cm³/mol. The number of rotatable bonds is 8. The molecule has 0 aliphatic heterocycles. The number of nitro groups is 2. The molecule has 0 aliphatic carbocycles. The van der Waals surface area contributed by atoms with Gasteiger partial charge in [0.15, 0.2) is 12.2 Å². The normalized spacial score (nSPS) is 11.8. The summed E-state index contributed by atoms with van der Waals surface area (Å²) in [6.45, 7) is 7.03. The predicted octanol–water partition coefficient (Wildman–Crippen LogP) is 6.08. The van der Waals surface area contributed by atoms with Crippen molar-refractivity contribution in [3.63, 3.8) is 0 Å². The standard InChI is InChI=1S/C21H12Br2N4O7/c1-3-17(19-13(22)5-11(9-24)7-15(19)26(29)30)33-21(28)34-18(4-2)20-14(23)6-12(10-25)8-16(20)27(31)32/h3-8,17-18H,1-2H2. The first-order valence-electron chi connectivity index (χ1n) is 8.96. The summed E-state index contributed by atoms with van der Waals surface area (Å²) in [7, 11) is 0. The summed E-state index contributed by atoms with van der Waals surface area (Å²) in [6.07, 6.45) is -1.89. The van der Waals surface area contributed by atoms with Crippen LogP contribution in [0.5, 0.6) is 0 Å². The average molecular weight is 592 g/mol. The molecule has 34 heavy (non-hydrogen) atoms. The Labute approximate surface area is 209 Å². The van der Waals surface area contributed by atoms with Gasteiger partial charge in [0.25, 0.3) is 11.4 Å². The Morgan fingerprint density at radius 2 is 1.24 bits per heavy atom. The van der Waals surface area contributed by atoms with E-state index >= 15 is 0 Å². The van der Waals surface area contributed by atoms with Gasteiger partial charge in [-0.2, -0.15) is 10.5 Å². The van der Waals surface area contributed by atoms with Gasteiger partial charge >= 0.3 is 6.16 Å². The van der Waals surface area contributed by atoms with E-state index in [1.165, 1.54) is 12.1 Å². The molecule has 11 nitrogen and oxygen atoms in total. The van der Waals surface area contributed by atoms with Gasteiger partial charge in [-0.25, -0.2) is 4.79 Å². The minimum Gasteiger partial charge on any atom is -0.421 e. The van der Waals surface area contributed by atoms with Crippen molar-refractivity contribution in [2.24, 2.45) is 0 Å². The highest BCUT2D eigenvalue weighted by Crippen LogP contribution is 2.39. The van der Waals surface area contributed by atoms with E-state index in [2.05, 4.69) is 45.0 Å². The third-order valence-electron chi connectivity index (χ3n) is 4.31. The maximum Gasteiger partial charge on any atom is 0.510 e. The first kappa shape index (κ1) is 26.2. The molecule has 2 unspecified atom stereocenters. The van der Waals surface area contributed by atoms with Crippen molar-refractivity contribution in [3.8, 4) is 12.1 Å². The zero-order valence-corrected chi connectivity index (χ0v) is 20.1. The summed E-state index contributed by atoms with van der Waals surface area (Å²) in [5.74, 6) is 0. The van der Waals surface area contributed by atoms with Gasteiger partial charge < -0.3 is 9.47 Å². The fourth-order valence-corrected chi connectivity index (χ4v) is 4.24. The number of nitriles is 2. The van der Waals surface area contributed by atoms with Crippen molar-refractivity contribution < 1.29 is 24.1 Å². The summed E-state index contributed by atoms with van der Waals surface area (Å²) in [5.41, 5.74) is -1.22. The van der Waals surface area contributed by atoms with E-state index in [9.17, 15) is 25.0 Å². The molecule has 2 rings (SSSR count). The van der Waals surface area contributed by atoms with Gasteiger partial charge in [-0.3, -0.25) is 20.2 Å². The molecule has 0 aliphatic rings. The zero-order valence-electron chi connectivity index (χ0n) is 16.9. The van der Waals surface area contributed by atoms with Crippen molar-refractivity contribution in [2.45, 2.75) is 12.2 Å². The number of carbonyl (C=O) groups excluding carboxylic acids is 1. The lowest BCUT2D eigenvalue weighted by molar-refractivity contribution is -0.386. The van der Waals surface area contributed by atoms with Crippen LogP contribution in [0.3, 0.4) is 0 Å². The van der Waals surface area contributed by atoms with Crippen LogP contribution in [0.25, 0.3) is 0 Å². The Balaban J connectivity index is 2.42. The summed E-state index contributed by atoms with van der Waals surface area (Å²) in [4.78, 5) is 34.1. The van der Waals surface area contributed by atoms with E-state index in [4.69, 9.17) is 20.0 Å². The van der Waals surface area contributed by atoms with Crippen molar-refractivity contribution in [1.82, 2.24) is 0 Å². The van der Waals surface area contributed by atoms with Gasteiger partial charge in [-0.05, 0) is 24.3 Å². The fourth-order valence-electron chi connectivity index (χ4n) is 2.89. The lowest BCUT2D eigenvalue weighted by Crippen LogP contribution is -2.16. The Bertz CT molecular complexity index is 1200. The summed E-state index contributed by atoms with van der Waals surface area (Å²) >= 11 is 6.26. The van der Waals surface area contributed by atoms with E-state index in [0.29, 0.717) is 0 Å². The van der Waals surface area contributed by atoms with E-state index in [1.54, 1.807) is 12.1 Å². The molecule has 0 saturated carbocycles. The largest absolute Gasteiger partial charge is 0.510 e. The molecule has 0 bridgehead atoms. The van der Waals surface area contributed by atoms with Gasteiger partial charge in [0.05, 0.1) is 44.2 Å². The number of benzene rings is 2. The quantitative estimate of drug-likeness (QED) is 0.153. The van der Waals surface area contributed by atoms with Crippen LogP contribution in [0, 0.1) is 42.9 Å². The maximum absolute atomic E-state index is 12.5. The van der Waals surface area contributed by atoms with Crippen LogP contribution in [0.4, 0.5) is 16.2 Å². The molecule has 0 saturated heterocycles. The SMILES string of the molecule is C=CC(OC(=O)OC(C=C)c1c(Br)cc(C#N)cc1[N+](=O)[O-])c1c(Br)cc(C#N)cc1[N+](=O)[O-]. The Morgan fingerprint density at radius 1 is 0.882 bits per heavy atom. The van der Waals surface area contributed by atoms with Crippen LogP contribution in [0.15, 0.2) is 58.5 Å². The average Bonchev–Trinajstić information content (AvgIpc) is 2.80. The van der Waals surface area contributed by atoms with E-state index < -0.39 is 39.6 Å². The van der Waals surface area contributed by atoms with E-state index in [-0.39, 0.29) is 31.2 Å². The van der Waals surface area contributed by atoms with Crippen LogP contribution in [0.2, 0.25) is 0 Å². The van der Waals surface area contributed by atoms with Crippen molar-refractivity contribution in [3.05, 3.63) is 101 Å². The first-order chi connectivity index (χ1) is 16.1. The third kappa shape index (κ3) is 5.64. The molecule has 0 spiro atoms. The molecular formula is C21H12Br2N4O7. The van der Waals surface area contributed by atoms with Crippen LogP contribution in [0.1, 0.15) is 34.5 Å². The molecule has 0 fully saturated rings. The van der Waals surface area contributed by atoms with E-state index in [0.717, 1.165) is 24.3 Å². The number of carbonyl (C=O) groups is 1. The molecule has 0 amide bonds. The van der Waals surface area contributed by atoms with Gasteiger partial charge in [0.2, 0.25) is 0 Å². The fraction of sp³-hybridized carbons (Fsp3) is 0.0952. The van der Waals surface area contributed by atoms with Gasteiger partial charge in [0.1, 0.15) is 0 Å². The molecule has 172 valence electrons. The molecule has 0 radical (unpaired) electrons. The van der Waals surface area contributed by atoms with Gasteiger partial charge in [0, 0.05) is 21.1 Å². The first-order valence-corrected chi connectivity index (χ1v) is 10.5. The zero-order chi connectivity index (χ0) is 25.6. The van der Waals surface area contributed by atoms with Crippen LogP contribution < -0.4 is 0 Å². The molecule has 0 aromatic heterocycles. The van der Waals surface area contributed by atoms with Crippen molar-refractivity contribution in [1.29, 1.82) is 10.5 Å². The summed E-state index contributed by atoms with van der Waals surface area (Å²) in [5, 5.41) is 41.1. The van der Waals surface area contributed by atoms with Crippen molar-refractivity contribution in [2.75, 3.05) is 0 Å². The van der Waals surface area contributed by atoms with E-state index in [1.807, 2.05) is 0 Å². The van der Waals surface area contributed by atoms with Crippen LogP contribution in [-0.4, -0.2) is 16.0 Å². The molecule has 2 atom stereocenters. The number of nitrogens with zero attached hydrogens (tertiary/aromatic N) is 4. The second-order valence-corrected chi connectivity index (χ2v) is 8.03. The smallest absolute Gasteiger partial charge is 0.421 e. The molecule has 0 heterocycles. The number of nitro benzene ring substituents is 2. The maximum atomic E-state index is 12.5. The van der Waals surface area contributed by atoms with Gasteiger partial charge in [-0.1, -0.05) is 45.0 Å². The molecule has 0 N–H and O–H groups in total. The number of halogens is 2. The topological polar surface area (TPSA) is 169 Å². The van der Waals surface area contributed by atoms with Gasteiger partial charge in [-0.15, -0.1) is 0 Å². The number of hydrogen-bond acceptors (Lipinski definition) is 9. The Hall–Kier alpha value is -4.07. The summed E-state index contributed by atoms with van der Waals surface area (Å²) in [6, 6.07) is 8.19. The Morgan fingerprint density at radius 3 is 1.50 bits per heavy atom. The highest BCUT2D eigenvalue weighted by molar-refractivity contribution is 9.10. The lowest BCUT2D eigenvalue weighted by atomic mass is 10.0. The Kier molecular flexibility index (Phi) is 8.61. The minimum atomic E-state index is -1.38. The second-order valence-electron chi connectivity index (χ2n) is 6.32. The third-order valence-corrected chi connectivity index (χ3v) is 5.62. The van der Waals surface area contributed by atoms with Crippen LogP contribution in [-0.2, 0) is 9.47 Å². The minimum absolute atomic E-state index is 0.00240. The number of ether oxygens (including phenoxy) is 2. The number of hydrogen-bond donors (Lipinski definition) is 0. The lowest BCUT2D eigenvalue weighted by Gasteiger charge is -2.19. The second kappa shape index (κ2) is 11.2.